The molecule has 1 saturated heterocycles. The summed E-state index contributed by atoms with van der Waals surface area (Å²) < 4.78 is 0. The van der Waals surface area contributed by atoms with E-state index in [0.29, 0.717) is 18.1 Å². The summed E-state index contributed by atoms with van der Waals surface area (Å²) in [5.41, 5.74) is 2.14. The molecule has 0 radical (unpaired) electrons. The van der Waals surface area contributed by atoms with Crippen LogP contribution in [0.4, 0.5) is 5.69 Å². The predicted octanol–water partition coefficient (Wildman–Crippen LogP) is 2.19. The van der Waals surface area contributed by atoms with E-state index >= 15 is 0 Å². The van der Waals surface area contributed by atoms with Crippen LogP contribution in [-0.4, -0.2) is 24.1 Å². The summed E-state index contributed by atoms with van der Waals surface area (Å²) in [5.74, 6) is 0.223. The van der Waals surface area contributed by atoms with Crippen molar-refractivity contribution >= 4 is 28.9 Å². The Morgan fingerprint density at radius 3 is 2.65 bits per heavy atom. The van der Waals surface area contributed by atoms with E-state index in [1.807, 2.05) is 29.2 Å². The van der Waals surface area contributed by atoms with Crippen LogP contribution in [0.2, 0.25) is 0 Å². The first-order valence-electron chi connectivity index (χ1n) is 7.11. The van der Waals surface area contributed by atoms with E-state index in [0.717, 1.165) is 37.2 Å². The average Bonchev–Trinajstić information content (AvgIpc) is 2.89. The molecule has 0 saturated carbocycles. The van der Waals surface area contributed by atoms with Gasteiger partial charge >= 0.3 is 0 Å². The normalized spacial score (nSPS) is 14.4. The SMILES string of the molecule is CCCNC(=S)NCc1ccc(N2CCCC2=O)cc1. The Morgan fingerprint density at radius 1 is 1.30 bits per heavy atom. The Kier molecular flexibility index (Phi) is 5.35. The van der Waals surface area contributed by atoms with Crippen LogP contribution in [0.1, 0.15) is 31.7 Å². The van der Waals surface area contributed by atoms with Gasteiger partial charge in [-0.05, 0) is 42.8 Å². The molecular weight excluding hydrogens is 270 g/mol. The summed E-state index contributed by atoms with van der Waals surface area (Å²) in [6, 6.07) is 8.08. The lowest BCUT2D eigenvalue weighted by Crippen LogP contribution is -2.35. The fraction of sp³-hybridized carbons (Fsp3) is 0.467. The molecule has 1 aromatic rings. The van der Waals surface area contributed by atoms with Crippen molar-refractivity contribution in [1.29, 1.82) is 0 Å². The maximum atomic E-state index is 11.7. The van der Waals surface area contributed by atoms with E-state index in [4.69, 9.17) is 12.2 Å². The molecule has 1 aliphatic heterocycles. The van der Waals surface area contributed by atoms with Gasteiger partial charge in [0.2, 0.25) is 5.91 Å². The average molecular weight is 291 g/mol. The number of amides is 1. The number of benzene rings is 1. The summed E-state index contributed by atoms with van der Waals surface area (Å²) in [4.78, 5) is 13.5. The lowest BCUT2D eigenvalue weighted by atomic mass is 10.2. The van der Waals surface area contributed by atoms with Crippen molar-refractivity contribution in [2.75, 3.05) is 18.0 Å². The van der Waals surface area contributed by atoms with E-state index in [1.165, 1.54) is 0 Å². The second-order valence-electron chi connectivity index (χ2n) is 4.92. The molecule has 4 nitrogen and oxygen atoms in total. The highest BCUT2D eigenvalue weighted by Gasteiger charge is 2.21. The Labute approximate surface area is 125 Å². The number of hydrogen-bond acceptors (Lipinski definition) is 2. The summed E-state index contributed by atoms with van der Waals surface area (Å²) >= 11 is 5.17. The third-order valence-electron chi connectivity index (χ3n) is 3.31. The molecule has 1 heterocycles. The Balaban J connectivity index is 1.85. The van der Waals surface area contributed by atoms with Crippen molar-refractivity contribution in [3.63, 3.8) is 0 Å². The molecule has 20 heavy (non-hydrogen) atoms. The van der Waals surface area contributed by atoms with Crippen molar-refractivity contribution in [2.24, 2.45) is 0 Å². The van der Waals surface area contributed by atoms with Crippen LogP contribution >= 0.6 is 12.2 Å². The number of nitrogens with one attached hydrogen (secondary N) is 2. The highest BCUT2D eigenvalue weighted by Crippen LogP contribution is 2.21. The topological polar surface area (TPSA) is 44.4 Å². The van der Waals surface area contributed by atoms with E-state index in [-0.39, 0.29) is 5.91 Å². The molecule has 2 rings (SSSR count). The zero-order valence-electron chi connectivity index (χ0n) is 11.8. The van der Waals surface area contributed by atoms with Crippen molar-refractivity contribution in [1.82, 2.24) is 10.6 Å². The van der Waals surface area contributed by atoms with Crippen LogP contribution in [-0.2, 0) is 11.3 Å². The molecule has 1 amide bonds. The van der Waals surface area contributed by atoms with Gasteiger partial charge in [0.25, 0.3) is 0 Å². The standard InChI is InChI=1S/C15H21N3OS/c1-2-9-16-15(20)17-11-12-5-7-13(8-6-12)18-10-3-4-14(18)19/h5-8H,2-4,9-11H2,1H3,(H2,16,17,20). The summed E-state index contributed by atoms with van der Waals surface area (Å²) in [6.45, 7) is 4.53. The predicted molar refractivity (Wildman–Crippen MR) is 85.8 cm³/mol. The molecule has 1 fully saturated rings. The zero-order chi connectivity index (χ0) is 14.4. The van der Waals surface area contributed by atoms with Gasteiger partial charge in [-0.2, -0.15) is 0 Å². The molecule has 0 unspecified atom stereocenters. The van der Waals surface area contributed by atoms with Crippen LogP contribution in [0.5, 0.6) is 0 Å². The van der Waals surface area contributed by atoms with Crippen LogP contribution in [0.15, 0.2) is 24.3 Å². The quantitative estimate of drug-likeness (QED) is 0.816. The number of rotatable bonds is 5. The van der Waals surface area contributed by atoms with Gasteiger partial charge in [0, 0.05) is 31.7 Å². The largest absolute Gasteiger partial charge is 0.363 e. The van der Waals surface area contributed by atoms with Gasteiger partial charge in [-0.15, -0.1) is 0 Å². The van der Waals surface area contributed by atoms with Gasteiger partial charge in [-0.25, -0.2) is 0 Å². The van der Waals surface area contributed by atoms with E-state index < -0.39 is 0 Å². The van der Waals surface area contributed by atoms with E-state index in [1.54, 1.807) is 0 Å². The van der Waals surface area contributed by atoms with Crippen LogP contribution < -0.4 is 15.5 Å². The summed E-state index contributed by atoms with van der Waals surface area (Å²) in [6.07, 6.45) is 2.68. The smallest absolute Gasteiger partial charge is 0.227 e. The number of hydrogen-bond donors (Lipinski definition) is 2. The minimum atomic E-state index is 0.223. The number of carbonyl (C=O) groups is 1. The fourth-order valence-corrected chi connectivity index (χ4v) is 2.37. The second-order valence-corrected chi connectivity index (χ2v) is 5.33. The highest BCUT2D eigenvalue weighted by molar-refractivity contribution is 7.80. The summed E-state index contributed by atoms with van der Waals surface area (Å²) in [7, 11) is 0. The molecule has 5 heteroatoms. The van der Waals surface area contributed by atoms with Gasteiger partial charge in [-0.3, -0.25) is 4.79 Å². The molecule has 0 bridgehead atoms. The van der Waals surface area contributed by atoms with Crippen LogP contribution in [0, 0.1) is 0 Å². The second kappa shape index (κ2) is 7.24. The lowest BCUT2D eigenvalue weighted by molar-refractivity contribution is -0.117. The molecule has 1 aliphatic rings. The minimum absolute atomic E-state index is 0.223. The Bertz CT molecular complexity index is 473. The molecule has 108 valence electrons. The number of carbonyl (C=O) groups excluding carboxylic acids is 1. The zero-order valence-corrected chi connectivity index (χ0v) is 12.6. The molecule has 1 aromatic carbocycles. The monoisotopic (exact) mass is 291 g/mol. The maximum Gasteiger partial charge on any atom is 0.227 e. The first-order valence-corrected chi connectivity index (χ1v) is 7.52. The van der Waals surface area contributed by atoms with E-state index in [2.05, 4.69) is 17.6 Å². The highest BCUT2D eigenvalue weighted by atomic mass is 32.1. The minimum Gasteiger partial charge on any atom is -0.363 e. The molecule has 2 N–H and O–H groups in total. The Morgan fingerprint density at radius 2 is 2.05 bits per heavy atom. The molecule has 0 aromatic heterocycles. The number of nitrogens with zero attached hydrogens (tertiary/aromatic N) is 1. The van der Waals surface area contributed by atoms with Crippen LogP contribution in [0.25, 0.3) is 0 Å². The first kappa shape index (κ1) is 14.8. The Hall–Kier alpha value is -1.62. The maximum absolute atomic E-state index is 11.7. The number of thiocarbonyl (C=S) groups is 1. The van der Waals surface area contributed by atoms with Gasteiger partial charge in [0.15, 0.2) is 5.11 Å². The molecule has 0 aliphatic carbocycles. The number of anilines is 1. The summed E-state index contributed by atoms with van der Waals surface area (Å²) in [5, 5.41) is 6.99. The van der Waals surface area contributed by atoms with Crippen molar-refractivity contribution in [3.05, 3.63) is 29.8 Å². The van der Waals surface area contributed by atoms with Gasteiger partial charge in [-0.1, -0.05) is 19.1 Å². The van der Waals surface area contributed by atoms with Crippen LogP contribution in [0.3, 0.4) is 0 Å². The fourth-order valence-electron chi connectivity index (χ4n) is 2.20. The third kappa shape index (κ3) is 3.93. The van der Waals surface area contributed by atoms with Gasteiger partial charge in [0.1, 0.15) is 0 Å². The molecule has 0 atom stereocenters. The lowest BCUT2D eigenvalue weighted by Gasteiger charge is -2.16. The van der Waals surface area contributed by atoms with Gasteiger partial charge in [0.05, 0.1) is 0 Å². The van der Waals surface area contributed by atoms with Crippen molar-refractivity contribution in [2.45, 2.75) is 32.7 Å². The van der Waals surface area contributed by atoms with E-state index in [9.17, 15) is 4.79 Å². The first-order chi connectivity index (χ1) is 9.70. The van der Waals surface area contributed by atoms with Gasteiger partial charge < -0.3 is 15.5 Å². The van der Waals surface area contributed by atoms with Crippen molar-refractivity contribution < 1.29 is 4.79 Å². The van der Waals surface area contributed by atoms with Crippen molar-refractivity contribution in [3.8, 4) is 0 Å². The molecule has 0 spiro atoms. The third-order valence-corrected chi connectivity index (χ3v) is 3.60. The molecular formula is C15H21N3OS.